The number of carbonyl (C=O) groups is 1. The van der Waals surface area contributed by atoms with E-state index in [-0.39, 0.29) is 4.88 Å². The lowest BCUT2D eigenvalue weighted by atomic mass is 10.0. The van der Waals surface area contributed by atoms with Crippen molar-refractivity contribution in [2.24, 2.45) is 0 Å². The van der Waals surface area contributed by atoms with E-state index in [4.69, 9.17) is 4.74 Å². The number of nitrogens with zero attached hydrogens (tertiary/aromatic N) is 1. The quantitative estimate of drug-likeness (QED) is 0.734. The van der Waals surface area contributed by atoms with Crippen molar-refractivity contribution in [2.75, 3.05) is 6.61 Å². The van der Waals surface area contributed by atoms with E-state index in [0.29, 0.717) is 17.3 Å². The van der Waals surface area contributed by atoms with Crippen molar-refractivity contribution in [1.82, 2.24) is 4.98 Å². The predicted octanol–water partition coefficient (Wildman–Crippen LogP) is 4.76. The Bertz CT molecular complexity index is 870. The molecular weight excluding hydrogens is 310 g/mol. The Kier molecular flexibility index (Phi) is 4.30. The van der Waals surface area contributed by atoms with Crippen molar-refractivity contribution < 1.29 is 14.6 Å². The lowest BCUT2D eigenvalue weighted by Crippen LogP contribution is -1.97. The number of rotatable bonds is 5. The minimum Gasteiger partial charge on any atom is -0.493 e. The average Bonchev–Trinajstić information content (AvgIpc) is 2.94. The summed E-state index contributed by atoms with van der Waals surface area (Å²) >= 11 is 1.19. The number of hydrogen-bond acceptors (Lipinski definition) is 4. The first-order valence-electron chi connectivity index (χ1n) is 7.47. The van der Waals surface area contributed by atoms with Crippen LogP contribution in [0.25, 0.3) is 21.3 Å². The van der Waals surface area contributed by atoms with Crippen LogP contribution in [0.15, 0.2) is 36.4 Å². The van der Waals surface area contributed by atoms with Crippen LogP contribution < -0.4 is 4.74 Å². The Morgan fingerprint density at radius 1 is 1.26 bits per heavy atom. The van der Waals surface area contributed by atoms with Gasteiger partial charge >= 0.3 is 5.97 Å². The van der Waals surface area contributed by atoms with Gasteiger partial charge in [0, 0.05) is 0 Å². The molecule has 4 nitrogen and oxygen atoms in total. The summed E-state index contributed by atoms with van der Waals surface area (Å²) in [6.45, 7) is 4.39. The maximum atomic E-state index is 11.3. The molecule has 1 heterocycles. The number of fused-ring (bicyclic) bond motifs is 1. The second kappa shape index (κ2) is 6.38. The van der Waals surface area contributed by atoms with Crippen molar-refractivity contribution in [3.63, 3.8) is 0 Å². The lowest BCUT2D eigenvalue weighted by Gasteiger charge is -2.12. The molecule has 0 atom stereocenters. The van der Waals surface area contributed by atoms with Crippen LogP contribution in [0.4, 0.5) is 0 Å². The second-order valence-electron chi connectivity index (χ2n) is 5.25. The summed E-state index contributed by atoms with van der Waals surface area (Å²) < 4.78 is 5.88. The summed E-state index contributed by atoms with van der Waals surface area (Å²) in [5.41, 5.74) is 1.41. The monoisotopic (exact) mass is 327 g/mol. The van der Waals surface area contributed by atoms with E-state index in [0.717, 1.165) is 28.5 Å². The zero-order chi connectivity index (χ0) is 16.4. The van der Waals surface area contributed by atoms with Gasteiger partial charge in [0.1, 0.15) is 15.6 Å². The first kappa shape index (κ1) is 15.5. The molecule has 0 radical (unpaired) electrons. The fourth-order valence-electron chi connectivity index (χ4n) is 2.51. The van der Waals surface area contributed by atoms with Gasteiger partial charge < -0.3 is 9.84 Å². The molecule has 1 N–H and O–H groups in total. The van der Waals surface area contributed by atoms with Crippen molar-refractivity contribution in [3.05, 3.63) is 47.0 Å². The SMILES string of the molecule is CCCOc1ccc2ccccc2c1-c1nc(C)c(C(=O)O)s1. The molecule has 0 fully saturated rings. The Morgan fingerprint density at radius 3 is 2.74 bits per heavy atom. The standard InChI is InChI=1S/C18H17NO3S/c1-3-10-22-14-9-8-12-6-4-5-7-13(12)15(14)17-19-11(2)16(23-17)18(20)21/h4-9H,3,10H2,1-2H3,(H,20,21). The number of aryl methyl sites for hydroxylation is 1. The Morgan fingerprint density at radius 2 is 2.04 bits per heavy atom. The number of thiazole rings is 1. The largest absolute Gasteiger partial charge is 0.493 e. The van der Waals surface area contributed by atoms with E-state index in [1.54, 1.807) is 6.92 Å². The fraction of sp³-hybridized carbons (Fsp3) is 0.222. The first-order valence-corrected chi connectivity index (χ1v) is 8.29. The van der Waals surface area contributed by atoms with E-state index in [1.807, 2.05) is 36.4 Å². The van der Waals surface area contributed by atoms with Gasteiger partial charge in [0.2, 0.25) is 0 Å². The molecule has 3 aromatic rings. The summed E-state index contributed by atoms with van der Waals surface area (Å²) in [5.74, 6) is -0.196. The van der Waals surface area contributed by atoms with Gasteiger partial charge in [0.15, 0.2) is 0 Å². The fourth-order valence-corrected chi connectivity index (χ4v) is 3.48. The van der Waals surface area contributed by atoms with Crippen LogP contribution in [0.3, 0.4) is 0 Å². The summed E-state index contributed by atoms with van der Waals surface area (Å²) in [5, 5.41) is 12.1. The molecule has 2 aromatic carbocycles. The van der Waals surface area contributed by atoms with Crippen LogP contribution in [0, 0.1) is 6.92 Å². The van der Waals surface area contributed by atoms with Crippen molar-refractivity contribution >= 4 is 28.1 Å². The molecule has 0 aliphatic carbocycles. The van der Waals surface area contributed by atoms with Crippen LogP contribution in [-0.2, 0) is 0 Å². The van der Waals surface area contributed by atoms with Crippen molar-refractivity contribution in [3.8, 4) is 16.3 Å². The van der Waals surface area contributed by atoms with Crippen molar-refractivity contribution in [1.29, 1.82) is 0 Å². The van der Waals surface area contributed by atoms with Gasteiger partial charge in [-0.15, -0.1) is 11.3 Å². The molecule has 0 aliphatic rings. The van der Waals surface area contributed by atoms with Crippen LogP contribution in [0.2, 0.25) is 0 Å². The van der Waals surface area contributed by atoms with E-state index in [1.165, 1.54) is 11.3 Å². The van der Waals surface area contributed by atoms with Gasteiger partial charge in [-0.25, -0.2) is 9.78 Å². The molecule has 118 valence electrons. The molecular formula is C18H17NO3S. The van der Waals surface area contributed by atoms with Crippen LogP contribution >= 0.6 is 11.3 Å². The zero-order valence-corrected chi connectivity index (χ0v) is 13.8. The Labute approximate surface area is 138 Å². The smallest absolute Gasteiger partial charge is 0.347 e. The van der Waals surface area contributed by atoms with Crippen LogP contribution in [0.1, 0.15) is 28.7 Å². The maximum Gasteiger partial charge on any atom is 0.347 e. The lowest BCUT2D eigenvalue weighted by molar-refractivity contribution is 0.0701. The molecule has 23 heavy (non-hydrogen) atoms. The number of ether oxygens (including phenoxy) is 1. The van der Waals surface area contributed by atoms with Gasteiger partial charge in [-0.3, -0.25) is 0 Å². The third kappa shape index (κ3) is 2.92. The summed E-state index contributed by atoms with van der Waals surface area (Å²) in [6, 6.07) is 11.9. The molecule has 0 amide bonds. The number of carboxylic acid groups (broad SMARTS) is 1. The topological polar surface area (TPSA) is 59.4 Å². The molecule has 0 saturated heterocycles. The number of aromatic nitrogens is 1. The maximum absolute atomic E-state index is 11.3. The molecule has 0 aliphatic heterocycles. The van der Waals surface area contributed by atoms with Gasteiger partial charge in [0.05, 0.1) is 17.9 Å². The second-order valence-corrected chi connectivity index (χ2v) is 6.25. The first-order chi connectivity index (χ1) is 11.1. The number of benzene rings is 2. The van der Waals surface area contributed by atoms with Crippen LogP contribution in [-0.4, -0.2) is 22.7 Å². The molecule has 5 heteroatoms. The summed E-state index contributed by atoms with van der Waals surface area (Å²) in [7, 11) is 0. The van der Waals surface area contributed by atoms with Crippen LogP contribution in [0.5, 0.6) is 5.75 Å². The highest BCUT2D eigenvalue weighted by Gasteiger charge is 2.19. The van der Waals surface area contributed by atoms with Crippen molar-refractivity contribution in [2.45, 2.75) is 20.3 Å². The van der Waals surface area contributed by atoms with Gasteiger partial charge in [-0.05, 0) is 30.2 Å². The highest BCUT2D eigenvalue weighted by atomic mass is 32.1. The number of carboxylic acids is 1. The average molecular weight is 327 g/mol. The third-order valence-electron chi connectivity index (χ3n) is 3.56. The van der Waals surface area contributed by atoms with Gasteiger partial charge in [0.25, 0.3) is 0 Å². The highest BCUT2D eigenvalue weighted by Crippen LogP contribution is 2.40. The predicted molar refractivity (Wildman–Crippen MR) is 92.5 cm³/mol. The number of aromatic carboxylic acids is 1. The molecule has 0 spiro atoms. The van der Waals surface area contributed by atoms with E-state index in [2.05, 4.69) is 11.9 Å². The summed E-state index contributed by atoms with van der Waals surface area (Å²) in [6.07, 6.45) is 0.906. The van der Waals surface area contributed by atoms with E-state index < -0.39 is 5.97 Å². The summed E-state index contributed by atoms with van der Waals surface area (Å²) in [4.78, 5) is 16.1. The minimum atomic E-state index is -0.942. The molecule has 3 rings (SSSR count). The minimum absolute atomic E-state index is 0.273. The molecule has 0 saturated carbocycles. The highest BCUT2D eigenvalue weighted by molar-refractivity contribution is 7.17. The zero-order valence-electron chi connectivity index (χ0n) is 13.0. The molecule has 1 aromatic heterocycles. The molecule has 0 unspecified atom stereocenters. The normalized spacial score (nSPS) is 10.9. The number of hydrogen-bond donors (Lipinski definition) is 1. The van der Waals surface area contributed by atoms with E-state index >= 15 is 0 Å². The van der Waals surface area contributed by atoms with Gasteiger partial charge in [-0.2, -0.15) is 0 Å². The van der Waals surface area contributed by atoms with Gasteiger partial charge in [-0.1, -0.05) is 37.3 Å². The van der Waals surface area contributed by atoms with E-state index in [9.17, 15) is 9.90 Å². The Balaban J connectivity index is 2.24. The third-order valence-corrected chi connectivity index (χ3v) is 4.72. The molecule has 0 bridgehead atoms. The Hall–Kier alpha value is -2.40.